The molecule has 11 heteroatoms. The zero-order chi connectivity index (χ0) is 21.4. The predicted octanol–water partition coefficient (Wildman–Crippen LogP) is 1.18. The highest BCUT2D eigenvalue weighted by atomic mass is 28.4. The van der Waals surface area contributed by atoms with Gasteiger partial charge in [-0.3, -0.25) is 24.0 Å². The topological polar surface area (TPSA) is 103 Å². The molecule has 28 heavy (non-hydrogen) atoms. The van der Waals surface area contributed by atoms with Crippen molar-refractivity contribution in [2.24, 2.45) is 0 Å². The first-order chi connectivity index (χ1) is 12.8. The smallest absolute Gasteiger partial charge is 0.330 e. The third kappa shape index (κ3) is 4.27. The largest absolute Gasteiger partial charge is 0.408 e. The summed E-state index contributed by atoms with van der Waals surface area (Å²) in [7, 11) is 0.202. The lowest BCUT2D eigenvalue weighted by Gasteiger charge is -2.39. The fraction of sp³-hybridized carbons (Fsp3) is 0.706. The summed E-state index contributed by atoms with van der Waals surface area (Å²) in [5.74, 6) is -0.631. The van der Waals surface area contributed by atoms with Crippen LogP contribution in [0, 0.1) is 0 Å². The van der Waals surface area contributed by atoms with Crippen LogP contribution in [0.1, 0.15) is 27.0 Å². The third-order valence-corrected chi connectivity index (χ3v) is 9.83. The van der Waals surface area contributed by atoms with Gasteiger partial charge >= 0.3 is 5.69 Å². The molecule has 1 amide bonds. The number of amides is 1. The van der Waals surface area contributed by atoms with Crippen LogP contribution in [-0.2, 0) is 18.8 Å². The number of carbonyl (C=O) groups is 1. The standard InChI is InChI=1S/C17H28FN3O6Si/c1-17(2,3)28(6,7)27-12-11(18)15(21-9-8-10(22)19-16(21)24)26-13(12)14(23)20(4)25-5/h8-9,11-13,15H,1-7H3,(H,19,22,24)/t11?,12?,13-,15+/m0/s1. The zero-order valence-electron chi connectivity index (χ0n) is 17.2. The van der Waals surface area contributed by atoms with Gasteiger partial charge in [-0.25, -0.2) is 14.2 Å². The maximum Gasteiger partial charge on any atom is 0.330 e. The average molecular weight is 418 g/mol. The van der Waals surface area contributed by atoms with Gasteiger partial charge in [0.1, 0.15) is 6.10 Å². The first-order valence-electron chi connectivity index (χ1n) is 8.90. The van der Waals surface area contributed by atoms with Crippen molar-refractivity contribution >= 4 is 14.2 Å². The van der Waals surface area contributed by atoms with Gasteiger partial charge in [0, 0.05) is 19.3 Å². The Kier molecular flexibility index (Phi) is 6.33. The number of hydrogen-bond donors (Lipinski definition) is 1. The molecule has 0 bridgehead atoms. The summed E-state index contributed by atoms with van der Waals surface area (Å²) in [6.07, 6.45) is -4.63. The highest BCUT2D eigenvalue weighted by Gasteiger charge is 2.54. The van der Waals surface area contributed by atoms with Gasteiger partial charge in [-0.1, -0.05) is 20.8 Å². The van der Waals surface area contributed by atoms with E-state index in [0.717, 1.165) is 21.9 Å². The molecule has 1 N–H and O–H groups in total. The van der Waals surface area contributed by atoms with Crippen LogP contribution in [-0.4, -0.2) is 61.4 Å². The molecule has 0 aliphatic carbocycles. The van der Waals surface area contributed by atoms with Crippen molar-refractivity contribution in [2.75, 3.05) is 14.2 Å². The van der Waals surface area contributed by atoms with Gasteiger partial charge in [0.2, 0.25) is 0 Å². The lowest BCUT2D eigenvalue weighted by atomic mass is 10.1. The second kappa shape index (κ2) is 7.89. The molecule has 1 saturated heterocycles. The predicted molar refractivity (Wildman–Crippen MR) is 102 cm³/mol. The molecule has 4 atom stereocenters. The average Bonchev–Trinajstić information content (AvgIpc) is 2.89. The van der Waals surface area contributed by atoms with Gasteiger partial charge in [0.05, 0.1) is 7.11 Å². The van der Waals surface area contributed by atoms with E-state index in [1.807, 2.05) is 33.9 Å². The maximum atomic E-state index is 15.4. The van der Waals surface area contributed by atoms with Crippen LogP contribution in [0.2, 0.25) is 18.1 Å². The number of alkyl halides is 1. The minimum Gasteiger partial charge on any atom is -0.408 e. The molecular formula is C17H28FN3O6Si. The monoisotopic (exact) mass is 417 g/mol. The van der Waals surface area contributed by atoms with E-state index in [0.29, 0.717) is 0 Å². The molecule has 0 radical (unpaired) electrons. The number of rotatable bonds is 5. The second-order valence-corrected chi connectivity index (χ2v) is 13.0. The van der Waals surface area contributed by atoms with Crippen LogP contribution in [0.3, 0.4) is 0 Å². The molecule has 2 unspecified atom stereocenters. The Bertz CT molecular complexity index is 833. The van der Waals surface area contributed by atoms with E-state index in [9.17, 15) is 14.4 Å². The molecule has 1 aromatic heterocycles. The number of nitrogens with one attached hydrogen (secondary N) is 1. The van der Waals surface area contributed by atoms with Crippen LogP contribution in [0.25, 0.3) is 0 Å². The summed E-state index contributed by atoms with van der Waals surface area (Å²) in [4.78, 5) is 43.0. The van der Waals surface area contributed by atoms with E-state index >= 15 is 4.39 Å². The summed E-state index contributed by atoms with van der Waals surface area (Å²) in [6, 6.07) is 1.08. The molecule has 2 rings (SSSR count). The van der Waals surface area contributed by atoms with E-state index in [1.165, 1.54) is 14.2 Å². The first-order valence-corrected chi connectivity index (χ1v) is 11.8. The van der Waals surface area contributed by atoms with Crippen molar-refractivity contribution in [3.8, 4) is 0 Å². The first kappa shape index (κ1) is 22.5. The Hall–Kier alpha value is -1.82. The second-order valence-electron chi connectivity index (χ2n) is 8.27. The lowest BCUT2D eigenvalue weighted by Crippen LogP contribution is -2.51. The zero-order valence-corrected chi connectivity index (χ0v) is 18.2. The van der Waals surface area contributed by atoms with Crippen molar-refractivity contribution in [1.82, 2.24) is 14.6 Å². The van der Waals surface area contributed by atoms with Crippen LogP contribution in [0.5, 0.6) is 0 Å². The van der Waals surface area contributed by atoms with E-state index in [4.69, 9.17) is 14.0 Å². The fourth-order valence-corrected chi connectivity index (χ4v) is 3.88. The molecule has 2 heterocycles. The molecule has 1 aliphatic heterocycles. The molecule has 0 spiro atoms. The number of hydrogen-bond acceptors (Lipinski definition) is 6. The Morgan fingerprint density at radius 2 is 1.96 bits per heavy atom. The number of hydroxylamine groups is 2. The Labute approximate surface area is 163 Å². The minimum absolute atomic E-state index is 0.236. The summed E-state index contributed by atoms with van der Waals surface area (Å²) < 4.78 is 28.1. The van der Waals surface area contributed by atoms with Gasteiger partial charge in [-0.05, 0) is 18.1 Å². The SMILES string of the molecule is CON(C)C(=O)[C@H]1O[C@@H](n2ccc(=O)[nH]c2=O)C(F)C1O[Si](C)(C)C(C)(C)C. The van der Waals surface area contributed by atoms with E-state index in [-0.39, 0.29) is 5.04 Å². The summed E-state index contributed by atoms with van der Waals surface area (Å²) in [5.41, 5.74) is -1.45. The normalized spacial score (nSPS) is 25.7. The van der Waals surface area contributed by atoms with Crippen LogP contribution >= 0.6 is 0 Å². The number of aromatic amines is 1. The lowest BCUT2D eigenvalue weighted by molar-refractivity contribution is -0.184. The molecular weight excluding hydrogens is 389 g/mol. The van der Waals surface area contributed by atoms with Crippen LogP contribution < -0.4 is 11.2 Å². The van der Waals surface area contributed by atoms with E-state index in [2.05, 4.69) is 4.98 Å². The van der Waals surface area contributed by atoms with E-state index < -0.39 is 50.1 Å². The van der Waals surface area contributed by atoms with Gasteiger partial charge < -0.3 is 9.16 Å². The Morgan fingerprint density at radius 3 is 2.46 bits per heavy atom. The van der Waals surface area contributed by atoms with Crippen molar-refractivity contribution in [1.29, 1.82) is 0 Å². The Morgan fingerprint density at radius 1 is 1.36 bits per heavy atom. The highest BCUT2D eigenvalue weighted by molar-refractivity contribution is 6.74. The molecule has 9 nitrogen and oxygen atoms in total. The van der Waals surface area contributed by atoms with Crippen LogP contribution in [0.4, 0.5) is 4.39 Å². The molecule has 1 aliphatic rings. The molecule has 0 aromatic carbocycles. The minimum atomic E-state index is -2.47. The van der Waals surface area contributed by atoms with Gasteiger partial charge in [0.15, 0.2) is 26.8 Å². The van der Waals surface area contributed by atoms with Crippen molar-refractivity contribution in [3.05, 3.63) is 33.1 Å². The third-order valence-electron chi connectivity index (χ3n) is 5.36. The highest BCUT2D eigenvalue weighted by Crippen LogP contribution is 2.42. The Balaban J connectivity index is 2.45. The molecule has 0 saturated carbocycles. The quantitative estimate of drug-likeness (QED) is 0.570. The number of likely N-dealkylation sites (N-methyl/N-ethyl adjacent to an activating group) is 1. The number of H-pyrrole nitrogens is 1. The number of ether oxygens (including phenoxy) is 1. The molecule has 1 fully saturated rings. The van der Waals surface area contributed by atoms with Gasteiger partial charge in [-0.15, -0.1) is 0 Å². The summed E-state index contributed by atoms with van der Waals surface area (Å²) in [6.45, 7) is 9.83. The summed E-state index contributed by atoms with van der Waals surface area (Å²) in [5, 5.41) is 0.692. The number of carbonyl (C=O) groups excluding carboxylic acids is 1. The van der Waals surface area contributed by atoms with E-state index in [1.54, 1.807) is 0 Å². The fourth-order valence-electron chi connectivity index (χ4n) is 2.59. The number of halogens is 1. The molecule has 158 valence electrons. The number of nitrogens with zero attached hydrogens (tertiary/aromatic N) is 2. The maximum absolute atomic E-state index is 15.4. The van der Waals surface area contributed by atoms with Crippen molar-refractivity contribution in [2.45, 2.75) is 63.5 Å². The van der Waals surface area contributed by atoms with Gasteiger partial charge in [-0.2, -0.15) is 0 Å². The molecule has 1 aromatic rings. The number of aromatic nitrogens is 2. The van der Waals surface area contributed by atoms with Gasteiger partial charge in [0.25, 0.3) is 11.5 Å². The van der Waals surface area contributed by atoms with Crippen molar-refractivity contribution in [3.63, 3.8) is 0 Å². The van der Waals surface area contributed by atoms with Crippen molar-refractivity contribution < 1.29 is 23.2 Å². The summed E-state index contributed by atoms with van der Waals surface area (Å²) >= 11 is 0. The van der Waals surface area contributed by atoms with Crippen LogP contribution in [0.15, 0.2) is 21.9 Å².